The van der Waals surface area contributed by atoms with Crippen LogP contribution < -0.4 is 16.0 Å². The minimum Gasteiger partial charge on any atom is -0.352 e. The highest BCUT2D eigenvalue weighted by atomic mass is 35.5. The third-order valence-electron chi connectivity index (χ3n) is 6.45. The first-order valence-electron chi connectivity index (χ1n) is 12.5. The van der Waals surface area contributed by atoms with Gasteiger partial charge in [-0.3, -0.25) is 14.4 Å². The number of nitrogens with zero attached hydrogens (tertiary/aromatic N) is 1. The number of carbonyl (C=O) groups excluding carboxylic acids is 3. The molecule has 196 valence electrons. The van der Waals surface area contributed by atoms with E-state index in [0.717, 1.165) is 22.0 Å². The first kappa shape index (κ1) is 26.9. The summed E-state index contributed by atoms with van der Waals surface area (Å²) in [5.74, 6) is -0.739. The number of halogens is 1. The number of aryl methyl sites for hydroxylation is 1. The molecule has 0 unspecified atom stereocenters. The Labute approximate surface area is 227 Å². The van der Waals surface area contributed by atoms with Crippen molar-refractivity contribution in [2.75, 3.05) is 5.32 Å². The maximum absolute atomic E-state index is 13.1. The molecule has 38 heavy (non-hydrogen) atoms. The van der Waals surface area contributed by atoms with Crippen LogP contribution in [-0.4, -0.2) is 22.3 Å². The zero-order chi connectivity index (χ0) is 27.4. The van der Waals surface area contributed by atoms with E-state index < -0.39 is 0 Å². The van der Waals surface area contributed by atoms with Crippen molar-refractivity contribution in [1.29, 1.82) is 0 Å². The second-order valence-electron chi connectivity index (χ2n) is 9.61. The van der Waals surface area contributed by atoms with Crippen molar-refractivity contribution in [3.8, 4) is 0 Å². The average Bonchev–Trinajstić information content (AvgIpc) is 3.23. The maximum atomic E-state index is 13.1. The molecule has 3 aromatic carbocycles. The summed E-state index contributed by atoms with van der Waals surface area (Å²) < 4.78 is 1.83. The number of rotatable bonds is 8. The average molecular weight is 531 g/mol. The van der Waals surface area contributed by atoms with Crippen molar-refractivity contribution in [3.63, 3.8) is 0 Å². The van der Waals surface area contributed by atoms with Gasteiger partial charge in [-0.2, -0.15) is 0 Å². The van der Waals surface area contributed by atoms with Gasteiger partial charge >= 0.3 is 0 Å². The molecule has 0 bridgehead atoms. The highest BCUT2D eigenvalue weighted by Gasteiger charge is 2.18. The van der Waals surface area contributed by atoms with Gasteiger partial charge in [0.25, 0.3) is 11.8 Å². The van der Waals surface area contributed by atoms with Crippen molar-refractivity contribution >= 4 is 45.9 Å². The van der Waals surface area contributed by atoms with Gasteiger partial charge in [0, 0.05) is 36.1 Å². The molecule has 0 aliphatic carbocycles. The van der Waals surface area contributed by atoms with E-state index in [-0.39, 0.29) is 29.7 Å². The third kappa shape index (κ3) is 6.06. The van der Waals surface area contributed by atoms with Gasteiger partial charge in [-0.1, -0.05) is 61.8 Å². The predicted octanol–water partition coefficient (Wildman–Crippen LogP) is 5.85. The summed E-state index contributed by atoms with van der Waals surface area (Å²) in [6.45, 7) is 5.89. The molecule has 0 aliphatic rings. The van der Waals surface area contributed by atoms with E-state index in [2.05, 4.69) is 16.0 Å². The van der Waals surface area contributed by atoms with Crippen LogP contribution in [0.15, 0.2) is 72.8 Å². The van der Waals surface area contributed by atoms with Crippen LogP contribution in [0.5, 0.6) is 0 Å². The van der Waals surface area contributed by atoms with Crippen LogP contribution in [0.4, 0.5) is 5.69 Å². The van der Waals surface area contributed by atoms with Crippen LogP contribution >= 0.6 is 11.6 Å². The van der Waals surface area contributed by atoms with Crippen LogP contribution in [0, 0.1) is 5.92 Å². The van der Waals surface area contributed by atoms with Gasteiger partial charge in [0.1, 0.15) is 5.69 Å². The summed E-state index contributed by atoms with van der Waals surface area (Å²) in [7, 11) is 1.84. The summed E-state index contributed by atoms with van der Waals surface area (Å²) in [6.07, 6.45) is 0. The Morgan fingerprint density at radius 3 is 2.34 bits per heavy atom. The Kier molecular flexibility index (Phi) is 8.17. The fourth-order valence-corrected chi connectivity index (χ4v) is 4.39. The molecule has 7 nitrogen and oxygen atoms in total. The highest BCUT2D eigenvalue weighted by molar-refractivity contribution is 6.34. The van der Waals surface area contributed by atoms with Crippen molar-refractivity contribution in [3.05, 3.63) is 100 Å². The van der Waals surface area contributed by atoms with Crippen LogP contribution in [0.1, 0.15) is 58.8 Å². The Morgan fingerprint density at radius 2 is 1.63 bits per heavy atom. The molecule has 0 saturated heterocycles. The molecule has 0 saturated carbocycles. The van der Waals surface area contributed by atoms with Crippen molar-refractivity contribution in [2.45, 2.75) is 33.4 Å². The second-order valence-corrected chi connectivity index (χ2v) is 10.0. The number of benzene rings is 3. The van der Waals surface area contributed by atoms with E-state index in [1.165, 1.54) is 0 Å². The Hall–Kier alpha value is -4.10. The normalized spacial score (nSPS) is 11.8. The van der Waals surface area contributed by atoms with Gasteiger partial charge in [-0.05, 0) is 54.4 Å². The predicted molar refractivity (Wildman–Crippen MR) is 151 cm³/mol. The van der Waals surface area contributed by atoms with E-state index in [9.17, 15) is 14.4 Å². The Bertz CT molecular complexity index is 1490. The number of aromatic nitrogens is 1. The summed E-state index contributed by atoms with van der Waals surface area (Å²) >= 11 is 6.31. The molecule has 4 aromatic rings. The molecule has 3 N–H and O–H groups in total. The van der Waals surface area contributed by atoms with Gasteiger partial charge in [0.2, 0.25) is 5.91 Å². The molecule has 3 amide bonds. The summed E-state index contributed by atoms with van der Waals surface area (Å²) in [5, 5.41) is 9.91. The maximum Gasteiger partial charge on any atom is 0.268 e. The summed E-state index contributed by atoms with van der Waals surface area (Å²) in [5.41, 5.74) is 4.06. The third-order valence-corrected chi connectivity index (χ3v) is 6.78. The van der Waals surface area contributed by atoms with Gasteiger partial charge in [-0.15, -0.1) is 0 Å². The SMILES string of the molecule is CC(C)C(=O)NCc1ccc(Cl)c(C(=O)Nc2ccc3c(c2)cc(C(=O)N[C@H](C)c2ccccc2)n3C)c1. The zero-order valence-corrected chi connectivity index (χ0v) is 22.6. The van der Waals surface area contributed by atoms with Gasteiger partial charge in [-0.25, -0.2) is 0 Å². The minimum atomic E-state index is -0.364. The fraction of sp³-hybridized carbons (Fsp3) is 0.233. The highest BCUT2D eigenvalue weighted by Crippen LogP contribution is 2.25. The van der Waals surface area contributed by atoms with Crippen LogP contribution in [0.25, 0.3) is 10.9 Å². The monoisotopic (exact) mass is 530 g/mol. The summed E-state index contributed by atoms with van der Waals surface area (Å²) in [6, 6.07) is 22.0. The molecule has 4 rings (SSSR count). The second kappa shape index (κ2) is 11.5. The first-order chi connectivity index (χ1) is 18.1. The topological polar surface area (TPSA) is 92.2 Å². The number of hydrogen-bond donors (Lipinski definition) is 3. The molecule has 8 heteroatoms. The van der Waals surface area contributed by atoms with Gasteiger partial charge < -0.3 is 20.5 Å². The molecular formula is C30H31ClN4O3. The lowest BCUT2D eigenvalue weighted by molar-refractivity contribution is -0.124. The number of hydrogen-bond acceptors (Lipinski definition) is 3. The van der Waals surface area contributed by atoms with E-state index >= 15 is 0 Å². The smallest absolute Gasteiger partial charge is 0.268 e. The number of fused-ring (bicyclic) bond motifs is 1. The van der Waals surface area contributed by atoms with Crippen molar-refractivity contribution in [2.24, 2.45) is 13.0 Å². The molecule has 0 aliphatic heterocycles. The molecule has 1 atom stereocenters. The number of nitrogens with one attached hydrogen (secondary N) is 3. The molecule has 1 aromatic heterocycles. The minimum absolute atomic E-state index is 0.0651. The van der Waals surface area contributed by atoms with E-state index in [1.807, 2.05) is 80.9 Å². The zero-order valence-electron chi connectivity index (χ0n) is 21.8. The van der Waals surface area contributed by atoms with E-state index in [4.69, 9.17) is 11.6 Å². The summed E-state index contributed by atoms with van der Waals surface area (Å²) in [4.78, 5) is 38.0. The van der Waals surface area contributed by atoms with E-state index in [0.29, 0.717) is 28.5 Å². The Morgan fingerprint density at radius 1 is 0.895 bits per heavy atom. The quantitative estimate of drug-likeness (QED) is 0.267. The Balaban J connectivity index is 1.49. The first-order valence-corrected chi connectivity index (χ1v) is 12.8. The van der Waals surface area contributed by atoms with Gasteiger partial charge in [0.15, 0.2) is 0 Å². The lowest BCUT2D eigenvalue weighted by Crippen LogP contribution is -2.28. The molecule has 0 fully saturated rings. The molecule has 1 heterocycles. The van der Waals surface area contributed by atoms with Crippen LogP contribution in [-0.2, 0) is 18.4 Å². The van der Waals surface area contributed by atoms with Gasteiger partial charge in [0.05, 0.1) is 16.6 Å². The molecule has 0 radical (unpaired) electrons. The van der Waals surface area contributed by atoms with Crippen molar-refractivity contribution < 1.29 is 14.4 Å². The molecular weight excluding hydrogens is 500 g/mol. The number of anilines is 1. The van der Waals surface area contributed by atoms with Crippen molar-refractivity contribution in [1.82, 2.24) is 15.2 Å². The largest absolute Gasteiger partial charge is 0.352 e. The molecule has 0 spiro atoms. The lowest BCUT2D eigenvalue weighted by Gasteiger charge is -2.14. The lowest BCUT2D eigenvalue weighted by atomic mass is 10.1. The van der Waals surface area contributed by atoms with E-state index in [1.54, 1.807) is 24.3 Å². The fourth-order valence-electron chi connectivity index (χ4n) is 4.19. The number of amides is 3. The van der Waals surface area contributed by atoms with Crippen LogP contribution in [0.3, 0.4) is 0 Å². The van der Waals surface area contributed by atoms with Crippen LogP contribution in [0.2, 0.25) is 5.02 Å². The number of carbonyl (C=O) groups is 3. The standard InChI is InChI=1S/C30H31ClN4O3/c1-18(2)28(36)32-17-20-10-12-25(31)24(14-20)29(37)34-23-11-13-26-22(15-23)16-27(35(26)4)30(38)33-19(3)21-8-6-5-7-9-21/h5-16,18-19H,17H2,1-4H3,(H,32,36)(H,33,38)(H,34,37)/t19-/m1/s1.